The van der Waals surface area contributed by atoms with Gasteiger partial charge >= 0.3 is 0 Å². The number of aromatic nitrogens is 3. The second-order valence-electron chi connectivity index (χ2n) is 7.90. The quantitative estimate of drug-likeness (QED) is 0.407. The fraction of sp³-hybridized carbons (Fsp3) is 0.591. The fourth-order valence-electron chi connectivity index (χ4n) is 3.67. The van der Waals surface area contributed by atoms with Crippen LogP contribution in [0.4, 0.5) is 5.69 Å². The van der Waals surface area contributed by atoms with E-state index in [9.17, 15) is 0 Å². The number of guanidine groups is 1. The van der Waals surface area contributed by atoms with E-state index in [0.717, 1.165) is 37.1 Å². The number of para-hydroxylation sites is 1. The number of benzene rings is 1. The lowest BCUT2D eigenvalue weighted by molar-refractivity contribution is 0.409. The van der Waals surface area contributed by atoms with Crippen LogP contribution in [0, 0.1) is 6.92 Å². The molecule has 1 heterocycles. The van der Waals surface area contributed by atoms with E-state index in [-0.39, 0.29) is 0 Å². The molecular weight excluding hydrogens is 362 g/mol. The van der Waals surface area contributed by atoms with E-state index in [0.29, 0.717) is 12.6 Å². The molecule has 7 heteroatoms. The molecule has 0 unspecified atom stereocenters. The summed E-state index contributed by atoms with van der Waals surface area (Å²) >= 11 is 0. The minimum Gasteiger partial charge on any atom is -0.375 e. The molecule has 1 aromatic heterocycles. The van der Waals surface area contributed by atoms with Gasteiger partial charge in [-0.1, -0.05) is 37.5 Å². The van der Waals surface area contributed by atoms with Crippen LogP contribution in [-0.2, 0) is 13.6 Å². The first-order chi connectivity index (χ1) is 14.1. The summed E-state index contributed by atoms with van der Waals surface area (Å²) in [5.41, 5.74) is 1.25. The van der Waals surface area contributed by atoms with Crippen molar-refractivity contribution >= 4 is 11.6 Å². The highest BCUT2D eigenvalue weighted by atomic mass is 15.3. The van der Waals surface area contributed by atoms with E-state index in [2.05, 4.69) is 63.1 Å². The van der Waals surface area contributed by atoms with Gasteiger partial charge in [-0.05, 0) is 38.3 Å². The molecule has 1 saturated carbocycles. The Balaban J connectivity index is 1.52. The lowest BCUT2D eigenvalue weighted by Gasteiger charge is -2.25. The van der Waals surface area contributed by atoms with Crippen LogP contribution in [0.15, 0.2) is 35.3 Å². The minimum absolute atomic E-state index is 0.517. The van der Waals surface area contributed by atoms with Crippen LogP contribution in [0.2, 0.25) is 0 Å². The smallest absolute Gasteiger partial charge is 0.191 e. The second kappa shape index (κ2) is 10.8. The number of rotatable bonds is 8. The van der Waals surface area contributed by atoms with Gasteiger partial charge in [0.15, 0.2) is 11.8 Å². The third-order valence-corrected chi connectivity index (χ3v) is 5.67. The van der Waals surface area contributed by atoms with Gasteiger partial charge in [0.2, 0.25) is 0 Å². The first-order valence-corrected chi connectivity index (χ1v) is 10.8. The molecule has 29 heavy (non-hydrogen) atoms. The summed E-state index contributed by atoms with van der Waals surface area (Å²) in [5, 5.41) is 15.5. The van der Waals surface area contributed by atoms with Crippen molar-refractivity contribution in [3.8, 4) is 0 Å². The topological polar surface area (TPSA) is 70.4 Å². The maximum Gasteiger partial charge on any atom is 0.191 e. The van der Waals surface area contributed by atoms with Crippen molar-refractivity contribution in [1.29, 1.82) is 0 Å². The highest BCUT2D eigenvalue weighted by Gasteiger charge is 2.15. The Kier molecular flexibility index (Phi) is 7.90. The maximum absolute atomic E-state index is 4.79. The molecule has 3 rings (SSSR count). The Morgan fingerprint density at radius 3 is 2.62 bits per heavy atom. The van der Waals surface area contributed by atoms with Gasteiger partial charge in [0.05, 0.1) is 0 Å². The third-order valence-electron chi connectivity index (χ3n) is 5.67. The van der Waals surface area contributed by atoms with Gasteiger partial charge in [0.25, 0.3) is 0 Å². The Morgan fingerprint density at radius 1 is 1.17 bits per heavy atom. The molecule has 0 radical (unpaired) electrons. The number of nitrogens with one attached hydrogen (secondary N) is 2. The predicted octanol–water partition coefficient (Wildman–Crippen LogP) is 3.02. The van der Waals surface area contributed by atoms with Crippen molar-refractivity contribution in [2.75, 3.05) is 25.0 Å². The lowest BCUT2D eigenvalue weighted by Crippen LogP contribution is -2.45. The third kappa shape index (κ3) is 6.48. The van der Waals surface area contributed by atoms with Crippen molar-refractivity contribution < 1.29 is 0 Å². The van der Waals surface area contributed by atoms with Gasteiger partial charge in [-0.25, -0.2) is 4.99 Å². The first kappa shape index (κ1) is 21.1. The van der Waals surface area contributed by atoms with Gasteiger partial charge in [0, 0.05) is 38.9 Å². The summed E-state index contributed by atoms with van der Waals surface area (Å²) in [6, 6.07) is 11.0. The lowest BCUT2D eigenvalue weighted by atomic mass is 9.96. The molecule has 1 aliphatic carbocycles. The molecule has 0 spiro atoms. The average molecular weight is 398 g/mol. The zero-order valence-electron chi connectivity index (χ0n) is 18.1. The molecule has 1 aromatic carbocycles. The van der Waals surface area contributed by atoms with Gasteiger partial charge < -0.3 is 20.1 Å². The molecular formula is C22H35N7. The van der Waals surface area contributed by atoms with E-state index < -0.39 is 0 Å². The zero-order valence-corrected chi connectivity index (χ0v) is 18.1. The molecule has 0 bridgehead atoms. The summed E-state index contributed by atoms with van der Waals surface area (Å²) in [6.07, 6.45) is 7.44. The average Bonchev–Trinajstić information content (AvgIpc) is 3.08. The van der Waals surface area contributed by atoms with Gasteiger partial charge in [-0.2, -0.15) is 0 Å². The van der Waals surface area contributed by atoms with Crippen molar-refractivity contribution in [2.45, 2.75) is 58.0 Å². The predicted molar refractivity (Wildman–Crippen MR) is 119 cm³/mol. The SMILES string of the molecule is Cc1nnc(CN=C(NCCCN(C)c2ccccc2)NC2CCCCC2)n1C. The Bertz CT molecular complexity index is 763. The van der Waals surface area contributed by atoms with Crippen LogP contribution in [-0.4, -0.2) is 46.9 Å². The molecule has 2 N–H and O–H groups in total. The van der Waals surface area contributed by atoms with E-state index in [4.69, 9.17) is 4.99 Å². The minimum atomic E-state index is 0.517. The van der Waals surface area contributed by atoms with E-state index in [1.165, 1.54) is 37.8 Å². The van der Waals surface area contributed by atoms with Gasteiger partial charge in [0.1, 0.15) is 12.4 Å². The monoisotopic (exact) mass is 397 g/mol. The van der Waals surface area contributed by atoms with Crippen LogP contribution < -0.4 is 15.5 Å². The summed E-state index contributed by atoms with van der Waals surface area (Å²) in [7, 11) is 4.13. The number of aliphatic imine (C=N–C) groups is 1. The van der Waals surface area contributed by atoms with Gasteiger partial charge in [-0.15, -0.1) is 10.2 Å². The fourth-order valence-corrected chi connectivity index (χ4v) is 3.67. The summed E-state index contributed by atoms with van der Waals surface area (Å²) in [4.78, 5) is 7.08. The maximum atomic E-state index is 4.79. The molecule has 0 atom stereocenters. The van der Waals surface area contributed by atoms with E-state index in [1.807, 2.05) is 18.5 Å². The first-order valence-electron chi connectivity index (χ1n) is 10.8. The van der Waals surface area contributed by atoms with Crippen molar-refractivity contribution in [2.24, 2.45) is 12.0 Å². The highest BCUT2D eigenvalue weighted by Crippen LogP contribution is 2.17. The van der Waals surface area contributed by atoms with E-state index in [1.54, 1.807) is 0 Å². The number of hydrogen-bond donors (Lipinski definition) is 2. The summed E-state index contributed by atoms with van der Waals surface area (Å²) in [5.74, 6) is 2.69. The van der Waals surface area contributed by atoms with Crippen LogP contribution in [0.1, 0.15) is 50.2 Å². The van der Waals surface area contributed by atoms with Crippen molar-refractivity contribution in [1.82, 2.24) is 25.4 Å². The molecule has 1 fully saturated rings. The van der Waals surface area contributed by atoms with Crippen molar-refractivity contribution in [3.05, 3.63) is 42.0 Å². The normalized spacial score (nSPS) is 15.3. The Hall–Kier alpha value is -2.57. The van der Waals surface area contributed by atoms with E-state index >= 15 is 0 Å². The number of aryl methyl sites for hydroxylation is 1. The Labute approximate surface area is 174 Å². The Morgan fingerprint density at radius 2 is 1.93 bits per heavy atom. The second-order valence-corrected chi connectivity index (χ2v) is 7.90. The molecule has 0 aliphatic heterocycles. The zero-order chi connectivity index (χ0) is 20.5. The van der Waals surface area contributed by atoms with Crippen molar-refractivity contribution in [3.63, 3.8) is 0 Å². The van der Waals surface area contributed by atoms with Gasteiger partial charge in [-0.3, -0.25) is 0 Å². The van der Waals surface area contributed by atoms with Crippen LogP contribution >= 0.6 is 0 Å². The van der Waals surface area contributed by atoms with Crippen LogP contribution in [0.3, 0.4) is 0 Å². The number of hydrogen-bond acceptors (Lipinski definition) is 4. The standard InChI is InChI=1S/C22H35N7/c1-18-26-27-21(29(18)3)17-24-22(25-19-11-6-4-7-12-19)23-15-10-16-28(2)20-13-8-5-9-14-20/h5,8-9,13-14,19H,4,6-7,10-12,15-17H2,1-3H3,(H2,23,24,25). The highest BCUT2D eigenvalue weighted by molar-refractivity contribution is 5.80. The molecule has 158 valence electrons. The largest absolute Gasteiger partial charge is 0.375 e. The number of anilines is 1. The van der Waals surface area contributed by atoms with Crippen LogP contribution in [0.25, 0.3) is 0 Å². The molecule has 2 aromatic rings. The number of nitrogens with zero attached hydrogens (tertiary/aromatic N) is 5. The molecule has 0 saturated heterocycles. The molecule has 1 aliphatic rings. The molecule has 0 amide bonds. The van der Waals surface area contributed by atoms with Crippen LogP contribution in [0.5, 0.6) is 0 Å². The summed E-state index contributed by atoms with van der Waals surface area (Å²) < 4.78 is 2.00. The summed E-state index contributed by atoms with van der Waals surface area (Å²) in [6.45, 7) is 4.37. The molecule has 7 nitrogen and oxygen atoms in total.